The molecule has 1 aromatic carbocycles. The SMILES string of the molecule is CCCC(=N)c1nc(-c2cc(CC3CCC3)ccc2OCC)[nH]c(=O)c1NC. The molecule has 1 aliphatic rings. The van der Waals surface area contributed by atoms with Crippen LogP contribution >= 0.6 is 0 Å². The van der Waals surface area contributed by atoms with Crippen molar-refractivity contribution in [1.29, 1.82) is 5.41 Å². The first-order valence-corrected chi connectivity index (χ1v) is 10.2. The largest absolute Gasteiger partial charge is 0.493 e. The van der Waals surface area contributed by atoms with Crippen molar-refractivity contribution in [3.05, 3.63) is 39.8 Å². The van der Waals surface area contributed by atoms with Crippen LogP contribution in [0.5, 0.6) is 5.75 Å². The predicted octanol–water partition coefficient (Wildman–Crippen LogP) is 4.39. The molecule has 1 fully saturated rings. The topological polar surface area (TPSA) is 90.9 Å². The molecular weight excluding hydrogens is 352 g/mol. The summed E-state index contributed by atoms with van der Waals surface area (Å²) in [5.74, 6) is 1.91. The van der Waals surface area contributed by atoms with Crippen molar-refractivity contribution < 1.29 is 4.74 Å². The molecule has 1 heterocycles. The van der Waals surface area contributed by atoms with Crippen LogP contribution in [0.2, 0.25) is 0 Å². The maximum absolute atomic E-state index is 12.7. The first kappa shape index (κ1) is 20.1. The Morgan fingerprint density at radius 3 is 2.75 bits per heavy atom. The van der Waals surface area contributed by atoms with Gasteiger partial charge in [0.05, 0.1) is 17.9 Å². The fourth-order valence-corrected chi connectivity index (χ4v) is 3.62. The average molecular weight is 383 g/mol. The van der Waals surface area contributed by atoms with Gasteiger partial charge < -0.3 is 20.4 Å². The van der Waals surface area contributed by atoms with Gasteiger partial charge in [0, 0.05) is 7.05 Å². The third-order valence-corrected chi connectivity index (χ3v) is 5.30. The monoisotopic (exact) mass is 382 g/mol. The Morgan fingerprint density at radius 2 is 2.14 bits per heavy atom. The Hall–Kier alpha value is -2.63. The van der Waals surface area contributed by atoms with Gasteiger partial charge in [0.2, 0.25) is 0 Å². The number of hydrogen-bond acceptors (Lipinski definition) is 5. The fourth-order valence-electron chi connectivity index (χ4n) is 3.62. The summed E-state index contributed by atoms with van der Waals surface area (Å²) in [6, 6.07) is 6.15. The standard InChI is InChI=1S/C22H30N4O2/c1-4-7-17(23)19-20(24-3)22(27)26-21(25-19)16-13-15(12-14-8-6-9-14)10-11-18(16)28-5-2/h10-11,13-14,23-24H,4-9,12H2,1-3H3,(H,25,26,27). The number of aromatic amines is 1. The summed E-state index contributed by atoms with van der Waals surface area (Å²) in [5, 5.41) is 11.2. The zero-order chi connectivity index (χ0) is 20.1. The summed E-state index contributed by atoms with van der Waals surface area (Å²) >= 11 is 0. The Kier molecular flexibility index (Phi) is 6.49. The van der Waals surface area contributed by atoms with Crippen LogP contribution in [-0.2, 0) is 6.42 Å². The zero-order valence-corrected chi connectivity index (χ0v) is 17.0. The summed E-state index contributed by atoms with van der Waals surface area (Å²) in [5.41, 5.74) is 2.86. The Morgan fingerprint density at radius 1 is 1.36 bits per heavy atom. The normalized spacial score (nSPS) is 13.8. The molecule has 0 unspecified atom stereocenters. The number of hydrogen-bond donors (Lipinski definition) is 3. The second-order valence-electron chi connectivity index (χ2n) is 7.38. The molecule has 0 radical (unpaired) electrons. The first-order chi connectivity index (χ1) is 13.6. The van der Waals surface area contributed by atoms with Gasteiger partial charge in [-0.2, -0.15) is 0 Å². The number of nitrogens with one attached hydrogen (secondary N) is 3. The molecule has 0 aliphatic heterocycles. The van der Waals surface area contributed by atoms with E-state index in [1.807, 2.05) is 19.9 Å². The van der Waals surface area contributed by atoms with Crippen molar-refractivity contribution in [3.63, 3.8) is 0 Å². The molecule has 1 aliphatic carbocycles. The highest BCUT2D eigenvalue weighted by molar-refractivity contribution is 6.01. The van der Waals surface area contributed by atoms with E-state index in [1.165, 1.54) is 24.8 Å². The fraction of sp³-hybridized carbons (Fsp3) is 0.500. The highest BCUT2D eigenvalue weighted by Gasteiger charge is 2.20. The number of aromatic nitrogens is 2. The van der Waals surface area contributed by atoms with Crippen molar-refractivity contribution in [2.45, 2.75) is 52.4 Å². The van der Waals surface area contributed by atoms with Gasteiger partial charge in [-0.1, -0.05) is 38.7 Å². The lowest BCUT2D eigenvalue weighted by molar-refractivity contribution is 0.314. The minimum atomic E-state index is -0.268. The third-order valence-electron chi connectivity index (χ3n) is 5.30. The van der Waals surface area contributed by atoms with E-state index in [0.717, 1.165) is 24.3 Å². The van der Waals surface area contributed by atoms with Gasteiger partial charge in [-0.3, -0.25) is 4.79 Å². The molecule has 1 saturated carbocycles. The van der Waals surface area contributed by atoms with Crippen molar-refractivity contribution in [1.82, 2.24) is 9.97 Å². The molecule has 2 aromatic rings. The van der Waals surface area contributed by atoms with Gasteiger partial charge >= 0.3 is 0 Å². The van der Waals surface area contributed by atoms with Crippen LogP contribution < -0.4 is 15.6 Å². The smallest absolute Gasteiger partial charge is 0.275 e. The Labute approximate surface area is 166 Å². The molecule has 0 bridgehead atoms. The van der Waals surface area contributed by atoms with Crippen LogP contribution in [-0.4, -0.2) is 29.3 Å². The highest BCUT2D eigenvalue weighted by Crippen LogP contribution is 2.34. The predicted molar refractivity (Wildman–Crippen MR) is 114 cm³/mol. The van der Waals surface area contributed by atoms with Crippen LogP contribution in [0.25, 0.3) is 11.4 Å². The summed E-state index contributed by atoms with van der Waals surface area (Å²) < 4.78 is 5.80. The van der Waals surface area contributed by atoms with E-state index in [9.17, 15) is 4.79 Å². The molecule has 3 N–H and O–H groups in total. The maximum Gasteiger partial charge on any atom is 0.275 e. The van der Waals surface area contributed by atoms with E-state index in [1.54, 1.807) is 7.05 Å². The van der Waals surface area contributed by atoms with E-state index in [4.69, 9.17) is 10.1 Å². The molecule has 28 heavy (non-hydrogen) atoms. The van der Waals surface area contributed by atoms with Crippen LogP contribution in [0, 0.1) is 11.3 Å². The van der Waals surface area contributed by atoms with Gasteiger partial charge in [-0.05, 0) is 43.4 Å². The molecule has 6 nitrogen and oxygen atoms in total. The maximum atomic E-state index is 12.7. The van der Waals surface area contributed by atoms with Crippen molar-refractivity contribution in [2.24, 2.45) is 5.92 Å². The molecular formula is C22H30N4O2. The molecule has 0 amide bonds. The molecule has 0 spiro atoms. The summed E-state index contributed by atoms with van der Waals surface area (Å²) in [7, 11) is 1.68. The van der Waals surface area contributed by atoms with Crippen LogP contribution in [0.1, 0.15) is 57.2 Å². The highest BCUT2D eigenvalue weighted by atomic mass is 16.5. The number of rotatable bonds is 9. The number of anilines is 1. The molecule has 150 valence electrons. The van der Waals surface area contributed by atoms with Crippen LogP contribution in [0.4, 0.5) is 5.69 Å². The van der Waals surface area contributed by atoms with Crippen molar-refractivity contribution in [2.75, 3.05) is 19.0 Å². The number of nitrogens with zero attached hydrogens (tertiary/aromatic N) is 1. The number of benzene rings is 1. The molecule has 1 aromatic heterocycles. The lowest BCUT2D eigenvalue weighted by Gasteiger charge is -2.25. The third kappa shape index (κ3) is 4.26. The summed E-state index contributed by atoms with van der Waals surface area (Å²) in [6.07, 6.45) is 6.33. The summed E-state index contributed by atoms with van der Waals surface area (Å²) in [4.78, 5) is 20.2. The average Bonchev–Trinajstić information content (AvgIpc) is 2.65. The van der Waals surface area contributed by atoms with Gasteiger partial charge in [0.1, 0.15) is 23.0 Å². The van der Waals surface area contributed by atoms with E-state index in [-0.39, 0.29) is 5.56 Å². The lowest BCUT2D eigenvalue weighted by atomic mass is 9.81. The Balaban J connectivity index is 2.08. The van der Waals surface area contributed by atoms with Crippen LogP contribution in [0.3, 0.4) is 0 Å². The molecule has 6 heteroatoms. The second-order valence-corrected chi connectivity index (χ2v) is 7.38. The Bertz CT molecular complexity index is 900. The number of H-pyrrole nitrogens is 1. The lowest BCUT2D eigenvalue weighted by Crippen LogP contribution is -2.20. The number of ether oxygens (including phenoxy) is 1. The van der Waals surface area contributed by atoms with E-state index >= 15 is 0 Å². The van der Waals surface area contributed by atoms with Crippen LogP contribution in [0.15, 0.2) is 23.0 Å². The van der Waals surface area contributed by atoms with E-state index in [0.29, 0.717) is 41.7 Å². The van der Waals surface area contributed by atoms with Gasteiger partial charge in [-0.25, -0.2) is 4.98 Å². The van der Waals surface area contributed by atoms with Crippen molar-refractivity contribution >= 4 is 11.4 Å². The molecule has 0 atom stereocenters. The van der Waals surface area contributed by atoms with E-state index in [2.05, 4.69) is 27.4 Å². The van der Waals surface area contributed by atoms with Gasteiger partial charge in [0.25, 0.3) is 5.56 Å². The molecule has 0 saturated heterocycles. The second kappa shape index (κ2) is 9.04. The zero-order valence-electron chi connectivity index (χ0n) is 17.0. The molecule has 3 rings (SSSR count). The van der Waals surface area contributed by atoms with Gasteiger partial charge in [-0.15, -0.1) is 0 Å². The van der Waals surface area contributed by atoms with E-state index < -0.39 is 0 Å². The summed E-state index contributed by atoms with van der Waals surface area (Å²) in [6.45, 7) is 4.49. The van der Waals surface area contributed by atoms with Gasteiger partial charge in [0.15, 0.2) is 0 Å². The minimum absolute atomic E-state index is 0.268. The first-order valence-electron chi connectivity index (χ1n) is 10.2. The minimum Gasteiger partial charge on any atom is -0.493 e. The van der Waals surface area contributed by atoms with Crippen molar-refractivity contribution in [3.8, 4) is 17.1 Å². The quantitative estimate of drug-likeness (QED) is 0.561.